The maximum atomic E-state index is 13.4. The van der Waals surface area contributed by atoms with Crippen molar-refractivity contribution < 1.29 is 28.3 Å². The minimum atomic E-state index is -0.677. The number of anilines is 1. The number of nitro benzene ring substituents is 1. The molecule has 4 rings (SSSR count). The molecule has 0 saturated carbocycles. The Bertz CT molecular complexity index is 1120. The molecule has 0 atom stereocenters. The maximum Gasteiger partial charge on any atom is 0.311 e. The van der Waals surface area contributed by atoms with Gasteiger partial charge in [0, 0.05) is 30.1 Å². The highest BCUT2D eigenvalue weighted by atomic mass is 19.1. The van der Waals surface area contributed by atoms with Gasteiger partial charge in [0.25, 0.3) is 5.91 Å². The summed E-state index contributed by atoms with van der Waals surface area (Å²) in [5.41, 5.74) is 0.229. The first-order valence-corrected chi connectivity index (χ1v) is 8.81. The van der Waals surface area contributed by atoms with E-state index in [1.54, 1.807) is 18.2 Å². The zero-order valence-corrected chi connectivity index (χ0v) is 15.4. The van der Waals surface area contributed by atoms with Crippen molar-refractivity contribution in [1.82, 2.24) is 9.78 Å². The zero-order valence-electron chi connectivity index (χ0n) is 15.4. The van der Waals surface area contributed by atoms with Crippen molar-refractivity contribution in [2.75, 3.05) is 18.5 Å². The van der Waals surface area contributed by atoms with Crippen molar-refractivity contribution >= 4 is 17.3 Å². The summed E-state index contributed by atoms with van der Waals surface area (Å²) in [5, 5.41) is 17.8. The Morgan fingerprint density at radius 2 is 2.00 bits per heavy atom. The molecule has 0 aliphatic carbocycles. The number of nitro groups is 1. The van der Waals surface area contributed by atoms with Crippen LogP contribution in [0.3, 0.4) is 0 Å². The molecule has 0 spiro atoms. The van der Waals surface area contributed by atoms with Crippen LogP contribution in [-0.4, -0.2) is 33.8 Å². The van der Waals surface area contributed by atoms with E-state index in [0.29, 0.717) is 30.4 Å². The number of benzene rings is 2. The number of fused-ring (bicyclic) bond motifs is 1. The summed E-state index contributed by atoms with van der Waals surface area (Å²) >= 11 is 0. The molecule has 1 amide bonds. The average molecular weight is 414 g/mol. The van der Waals surface area contributed by atoms with Crippen LogP contribution in [0.15, 0.2) is 48.7 Å². The molecular weight excluding hydrogens is 399 g/mol. The molecular formula is C19H15FN4O6. The van der Waals surface area contributed by atoms with Gasteiger partial charge in [-0.25, -0.2) is 9.07 Å². The fourth-order valence-electron chi connectivity index (χ4n) is 2.76. The van der Waals surface area contributed by atoms with Crippen molar-refractivity contribution in [3.8, 4) is 17.2 Å². The van der Waals surface area contributed by atoms with Gasteiger partial charge in [0.2, 0.25) is 5.75 Å². The standard InChI is InChI=1S/C19H15FN4O6/c20-12-1-3-15(24(26)27)17(9-12)30-11-23-6-5-14(22-23)19(25)21-13-2-4-16-18(10-13)29-8-7-28-16/h1-6,9-10H,7-8,11H2,(H,21,25). The Morgan fingerprint density at radius 1 is 1.20 bits per heavy atom. The normalized spacial score (nSPS) is 12.3. The number of amides is 1. The molecule has 10 nitrogen and oxygen atoms in total. The van der Waals surface area contributed by atoms with Crippen molar-refractivity contribution in [3.05, 3.63) is 70.3 Å². The number of halogens is 1. The van der Waals surface area contributed by atoms with E-state index in [0.717, 1.165) is 18.2 Å². The van der Waals surface area contributed by atoms with Crippen LogP contribution in [-0.2, 0) is 6.73 Å². The van der Waals surface area contributed by atoms with Crippen LogP contribution < -0.4 is 19.5 Å². The van der Waals surface area contributed by atoms with Crippen LogP contribution in [0, 0.1) is 15.9 Å². The lowest BCUT2D eigenvalue weighted by molar-refractivity contribution is -0.386. The van der Waals surface area contributed by atoms with E-state index in [4.69, 9.17) is 14.2 Å². The second-order valence-corrected chi connectivity index (χ2v) is 6.20. The lowest BCUT2D eigenvalue weighted by atomic mass is 10.2. The first kappa shape index (κ1) is 19.2. The SMILES string of the molecule is O=C(Nc1ccc2c(c1)OCCO2)c1ccn(COc2cc(F)ccc2[N+](=O)[O-])n1. The number of hydrogen-bond donors (Lipinski definition) is 1. The molecule has 1 aliphatic heterocycles. The second-order valence-electron chi connectivity index (χ2n) is 6.20. The predicted octanol–water partition coefficient (Wildman–Crippen LogP) is 2.99. The Labute approximate surface area is 168 Å². The van der Waals surface area contributed by atoms with E-state index in [2.05, 4.69) is 10.4 Å². The van der Waals surface area contributed by atoms with E-state index >= 15 is 0 Å². The van der Waals surface area contributed by atoms with Crippen molar-refractivity contribution in [2.24, 2.45) is 0 Å². The Morgan fingerprint density at radius 3 is 2.80 bits per heavy atom. The fourth-order valence-corrected chi connectivity index (χ4v) is 2.76. The molecule has 2 heterocycles. The van der Waals surface area contributed by atoms with E-state index in [1.807, 2.05) is 0 Å². The first-order valence-electron chi connectivity index (χ1n) is 8.81. The molecule has 154 valence electrons. The number of rotatable bonds is 6. The molecule has 11 heteroatoms. The molecule has 0 radical (unpaired) electrons. The van der Waals surface area contributed by atoms with Gasteiger partial charge in [-0.2, -0.15) is 5.10 Å². The predicted molar refractivity (Wildman–Crippen MR) is 101 cm³/mol. The quantitative estimate of drug-likeness (QED) is 0.487. The highest BCUT2D eigenvalue weighted by molar-refractivity contribution is 6.02. The van der Waals surface area contributed by atoms with Gasteiger partial charge in [0.15, 0.2) is 23.9 Å². The Kier molecular flexibility index (Phi) is 5.16. The number of nitrogens with one attached hydrogen (secondary N) is 1. The van der Waals surface area contributed by atoms with E-state index in [-0.39, 0.29) is 23.9 Å². The van der Waals surface area contributed by atoms with Crippen LogP contribution in [0.1, 0.15) is 10.5 Å². The number of carbonyl (C=O) groups excluding carboxylic acids is 1. The summed E-state index contributed by atoms with van der Waals surface area (Å²) in [6, 6.07) is 9.37. The third-order valence-electron chi connectivity index (χ3n) is 4.14. The number of nitrogens with zero attached hydrogens (tertiary/aromatic N) is 3. The minimum absolute atomic E-state index is 0.0993. The highest BCUT2D eigenvalue weighted by Crippen LogP contribution is 2.32. The number of hydrogen-bond acceptors (Lipinski definition) is 7. The van der Waals surface area contributed by atoms with Crippen molar-refractivity contribution in [3.63, 3.8) is 0 Å². The monoisotopic (exact) mass is 414 g/mol. The molecule has 3 aromatic rings. The number of ether oxygens (including phenoxy) is 3. The molecule has 1 aromatic heterocycles. The third kappa shape index (κ3) is 4.14. The Hall–Kier alpha value is -4.15. The summed E-state index contributed by atoms with van der Waals surface area (Å²) in [6.45, 7) is 0.650. The molecule has 0 unspecified atom stereocenters. The topological polar surface area (TPSA) is 118 Å². The second kappa shape index (κ2) is 8.07. The minimum Gasteiger partial charge on any atom is -0.486 e. The maximum absolute atomic E-state index is 13.4. The molecule has 0 saturated heterocycles. The van der Waals surface area contributed by atoms with Crippen LogP contribution in [0.5, 0.6) is 17.2 Å². The summed E-state index contributed by atoms with van der Waals surface area (Å²) < 4.78 is 30.8. The van der Waals surface area contributed by atoms with Gasteiger partial charge < -0.3 is 19.5 Å². The van der Waals surface area contributed by atoms with Gasteiger partial charge in [0.05, 0.1) is 4.92 Å². The van der Waals surface area contributed by atoms with Gasteiger partial charge >= 0.3 is 5.69 Å². The fraction of sp³-hybridized carbons (Fsp3) is 0.158. The van der Waals surface area contributed by atoms with Gasteiger partial charge in [-0.1, -0.05) is 0 Å². The van der Waals surface area contributed by atoms with E-state index in [9.17, 15) is 19.3 Å². The van der Waals surface area contributed by atoms with E-state index < -0.39 is 16.6 Å². The van der Waals surface area contributed by atoms with Crippen LogP contribution in [0.25, 0.3) is 0 Å². The van der Waals surface area contributed by atoms with Crippen LogP contribution in [0.4, 0.5) is 15.8 Å². The Balaban J connectivity index is 1.41. The van der Waals surface area contributed by atoms with Gasteiger partial charge in [-0.15, -0.1) is 0 Å². The molecule has 0 fully saturated rings. The third-order valence-corrected chi connectivity index (χ3v) is 4.14. The summed E-state index contributed by atoms with van der Waals surface area (Å²) in [7, 11) is 0. The average Bonchev–Trinajstić information content (AvgIpc) is 3.21. The lowest BCUT2D eigenvalue weighted by Gasteiger charge is -2.18. The summed E-state index contributed by atoms with van der Waals surface area (Å²) in [5.74, 6) is -0.239. The number of aromatic nitrogens is 2. The molecule has 1 N–H and O–H groups in total. The molecule has 1 aliphatic rings. The highest BCUT2D eigenvalue weighted by Gasteiger charge is 2.17. The largest absolute Gasteiger partial charge is 0.486 e. The zero-order chi connectivity index (χ0) is 21.1. The van der Waals surface area contributed by atoms with Crippen LogP contribution in [0.2, 0.25) is 0 Å². The molecule has 30 heavy (non-hydrogen) atoms. The van der Waals surface area contributed by atoms with Gasteiger partial charge in [-0.3, -0.25) is 14.9 Å². The summed E-state index contributed by atoms with van der Waals surface area (Å²) in [6.07, 6.45) is 1.46. The number of carbonyl (C=O) groups is 1. The summed E-state index contributed by atoms with van der Waals surface area (Å²) in [4.78, 5) is 22.8. The molecule has 0 bridgehead atoms. The van der Waals surface area contributed by atoms with Gasteiger partial charge in [0.1, 0.15) is 19.0 Å². The van der Waals surface area contributed by atoms with E-state index in [1.165, 1.54) is 16.9 Å². The van der Waals surface area contributed by atoms with Gasteiger partial charge in [-0.05, 0) is 24.3 Å². The van der Waals surface area contributed by atoms with Crippen LogP contribution >= 0.6 is 0 Å². The molecule has 2 aromatic carbocycles. The van der Waals surface area contributed by atoms with Crippen molar-refractivity contribution in [1.29, 1.82) is 0 Å². The van der Waals surface area contributed by atoms with Crippen molar-refractivity contribution in [2.45, 2.75) is 6.73 Å². The first-order chi connectivity index (χ1) is 14.5. The lowest BCUT2D eigenvalue weighted by Crippen LogP contribution is -2.17. The smallest absolute Gasteiger partial charge is 0.311 e.